The van der Waals surface area contributed by atoms with Crippen molar-refractivity contribution in [3.63, 3.8) is 0 Å². The molecule has 6 heteroatoms. The first-order chi connectivity index (χ1) is 15.1. The molecular formula is C25H22O6. The molecule has 0 saturated heterocycles. The largest absolute Gasteiger partial charge is 0.494 e. The normalized spacial score (nSPS) is 10.1. The minimum absolute atomic E-state index is 0.331. The third-order valence-corrected chi connectivity index (χ3v) is 4.10. The van der Waals surface area contributed by atoms with E-state index in [2.05, 4.69) is 6.58 Å². The molecule has 0 fully saturated rings. The van der Waals surface area contributed by atoms with Gasteiger partial charge in [0.05, 0.1) is 17.7 Å². The average Bonchev–Trinajstić information content (AvgIpc) is 2.80. The SMILES string of the molecule is C=CCOc1ccc(C(=O)Oc2ccc(OC(=O)c3ccc(OCC)cc3)cc2)cc1. The molecule has 0 spiro atoms. The van der Waals surface area contributed by atoms with Crippen LogP contribution < -0.4 is 18.9 Å². The van der Waals surface area contributed by atoms with E-state index in [1.165, 1.54) is 0 Å². The van der Waals surface area contributed by atoms with E-state index in [1.807, 2.05) is 6.92 Å². The Kier molecular flexibility index (Phi) is 7.43. The van der Waals surface area contributed by atoms with Gasteiger partial charge in [-0.05, 0) is 79.7 Å². The van der Waals surface area contributed by atoms with Crippen molar-refractivity contribution in [3.05, 3.63) is 96.6 Å². The molecule has 31 heavy (non-hydrogen) atoms. The van der Waals surface area contributed by atoms with Gasteiger partial charge in [-0.3, -0.25) is 0 Å². The number of rotatable bonds is 9. The lowest BCUT2D eigenvalue weighted by molar-refractivity contribution is 0.0719. The molecule has 6 nitrogen and oxygen atoms in total. The van der Waals surface area contributed by atoms with Crippen molar-refractivity contribution in [1.82, 2.24) is 0 Å². The van der Waals surface area contributed by atoms with Crippen molar-refractivity contribution in [1.29, 1.82) is 0 Å². The number of hydrogen-bond donors (Lipinski definition) is 0. The summed E-state index contributed by atoms with van der Waals surface area (Å²) in [6.45, 7) is 6.41. The maximum Gasteiger partial charge on any atom is 0.343 e. The lowest BCUT2D eigenvalue weighted by Crippen LogP contribution is -2.09. The van der Waals surface area contributed by atoms with Gasteiger partial charge in [0.1, 0.15) is 29.6 Å². The fourth-order valence-electron chi connectivity index (χ4n) is 2.60. The van der Waals surface area contributed by atoms with Crippen LogP contribution in [-0.4, -0.2) is 25.2 Å². The molecule has 0 unspecified atom stereocenters. The molecule has 0 atom stereocenters. The molecular weight excluding hydrogens is 396 g/mol. The van der Waals surface area contributed by atoms with E-state index < -0.39 is 11.9 Å². The molecule has 0 aliphatic heterocycles. The predicted octanol–water partition coefficient (Wildman–Crippen LogP) is 5.09. The minimum Gasteiger partial charge on any atom is -0.494 e. The van der Waals surface area contributed by atoms with Crippen LogP contribution in [-0.2, 0) is 0 Å². The van der Waals surface area contributed by atoms with Gasteiger partial charge in [0, 0.05) is 0 Å². The highest BCUT2D eigenvalue weighted by atomic mass is 16.5. The highest BCUT2D eigenvalue weighted by molar-refractivity contribution is 5.92. The Hall–Kier alpha value is -4.06. The summed E-state index contributed by atoms with van der Waals surface area (Å²) in [5, 5.41) is 0. The first-order valence-corrected chi connectivity index (χ1v) is 9.70. The van der Waals surface area contributed by atoms with Crippen LogP contribution >= 0.6 is 0 Å². The first kappa shape index (κ1) is 21.6. The van der Waals surface area contributed by atoms with Gasteiger partial charge < -0.3 is 18.9 Å². The van der Waals surface area contributed by atoms with Gasteiger partial charge in [0.2, 0.25) is 0 Å². The zero-order valence-electron chi connectivity index (χ0n) is 17.1. The highest BCUT2D eigenvalue weighted by Crippen LogP contribution is 2.21. The number of hydrogen-bond acceptors (Lipinski definition) is 6. The van der Waals surface area contributed by atoms with Crippen molar-refractivity contribution in [2.24, 2.45) is 0 Å². The van der Waals surface area contributed by atoms with Crippen molar-refractivity contribution in [2.75, 3.05) is 13.2 Å². The van der Waals surface area contributed by atoms with E-state index in [1.54, 1.807) is 78.9 Å². The zero-order valence-corrected chi connectivity index (χ0v) is 17.1. The van der Waals surface area contributed by atoms with Gasteiger partial charge >= 0.3 is 11.9 Å². The summed E-state index contributed by atoms with van der Waals surface area (Å²) in [7, 11) is 0. The summed E-state index contributed by atoms with van der Waals surface area (Å²) in [5.41, 5.74) is 0.788. The molecule has 0 radical (unpaired) electrons. The first-order valence-electron chi connectivity index (χ1n) is 9.70. The summed E-state index contributed by atoms with van der Waals surface area (Å²) >= 11 is 0. The van der Waals surface area contributed by atoms with E-state index in [9.17, 15) is 9.59 Å². The summed E-state index contributed by atoms with van der Waals surface area (Å²) in [6, 6.07) is 19.5. The number of ether oxygens (including phenoxy) is 4. The Bertz CT molecular complexity index is 1020. The molecule has 0 N–H and O–H groups in total. The highest BCUT2D eigenvalue weighted by Gasteiger charge is 2.11. The number of carbonyl (C=O) groups is 2. The summed E-state index contributed by atoms with van der Waals surface area (Å²) in [5.74, 6) is 0.987. The van der Waals surface area contributed by atoms with Gasteiger partial charge in [0.15, 0.2) is 0 Å². The van der Waals surface area contributed by atoms with Crippen LogP contribution in [0.5, 0.6) is 23.0 Å². The monoisotopic (exact) mass is 418 g/mol. The average molecular weight is 418 g/mol. The van der Waals surface area contributed by atoms with Crippen LogP contribution in [0.1, 0.15) is 27.6 Å². The molecule has 0 amide bonds. The summed E-state index contributed by atoms with van der Waals surface area (Å²) in [4.78, 5) is 24.5. The smallest absolute Gasteiger partial charge is 0.343 e. The summed E-state index contributed by atoms with van der Waals surface area (Å²) in [6.07, 6.45) is 1.64. The molecule has 3 aromatic carbocycles. The molecule has 0 bridgehead atoms. The number of esters is 2. The van der Waals surface area contributed by atoms with Crippen LogP contribution in [0.25, 0.3) is 0 Å². The van der Waals surface area contributed by atoms with E-state index >= 15 is 0 Å². The molecule has 0 saturated carbocycles. The lowest BCUT2D eigenvalue weighted by atomic mass is 10.2. The predicted molar refractivity (Wildman–Crippen MR) is 116 cm³/mol. The van der Waals surface area contributed by atoms with Gasteiger partial charge in [-0.2, -0.15) is 0 Å². The molecule has 3 aromatic rings. The fourth-order valence-corrected chi connectivity index (χ4v) is 2.60. The van der Waals surface area contributed by atoms with E-state index in [4.69, 9.17) is 18.9 Å². The van der Waals surface area contributed by atoms with Gasteiger partial charge in [-0.15, -0.1) is 0 Å². The summed E-state index contributed by atoms with van der Waals surface area (Å²) < 4.78 is 21.4. The van der Waals surface area contributed by atoms with Crippen molar-refractivity contribution in [3.8, 4) is 23.0 Å². The quantitative estimate of drug-likeness (QED) is 0.274. The van der Waals surface area contributed by atoms with Crippen LogP contribution in [0.3, 0.4) is 0 Å². The molecule has 0 heterocycles. The Morgan fingerprint density at radius 3 is 1.45 bits per heavy atom. The number of carbonyl (C=O) groups excluding carboxylic acids is 2. The third-order valence-electron chi connectivity index (χ3n) is 4.10. The second kappa shape index (κ2) is 10.6. The Morgan fingerprint density at radius 2 is 1.06 bits per heavy atom. The second-order valence-corrected chi connectivity index (χ2v) is 6.33. The van der Waals surface area contributed by atoms with Crippen LogP contribution in [0, 0.1) is 0 Å². The van der Waals surface area contributed by atoms with Crippen molar-refractivity contribution in [2.45, 2.75) is 6.92 Å². The molecule has 0 aromatic heterocycles. The van der Waals surface area contributed by atoms with Crippen LogP contribution in [0.2, 0.25) is 0 Å². The second-order valence-electron chi connectivity index (χ2n) is 6.33. The Balaban J connectivity index is 1.56. The topological polar surface area (TPSA) is 71.1 Å². The lowest BCUT2D eigenvalue weighted by Gasteiger charge is -2.08. The standard InChI is InChI=1S/C25H22O6/c1-3-17-29-21-11-7-19(8-12-21)25(27)31-23-15-13-22(14-16-23)30-24(26)18-5-9-20(10-6-18)28-4-2/h3,5-16H,1,4,17H2,2H3. The van der Waals surface area contributed by atoms with Gasteiger partial charge in [-0.1, -0.05) is 12.7 Å². The zero-order chi connectivity index (χ0) is 22.1. The van der Waals surface area contributed by atoms with E-state index in [-0.39, 0.29) is 0 Å². The minimum atomic E-state index is -0.505. The maximum absolute atomic E-state index is 12.3. The molecule has 3 rings (SSSR count). The van der Waals surface area contributed by atoms with E-state index in [0.29, 0.717) is 47.3 Å². The van der Waals surface area contributed by atoms with Gasteiger partial charge in [-0.25, -0.2) is 9.59 Å². The third kappa shape index (κ3) is 6.21. The molecule has 158 valence electrons. The van der Waals surface area contributed by atoms with Crippen molar-refractivity contribution >= 4 is 11.9 Å². The van der Waals surface area contributed by atoms with E-state index in [0.717, 1.165) is 0 Å². The number of benzene rings is 3. The Labute approximate surface area is 180 Å². The van der Waals surface area contributed by atoms with Crippen molar-refractivity contribution < 1.29 is 28.5 Å². The Morgan fingerprint density at radius 1 is 0.677 bits per heavy atom. The van der Waals surface area contributed by atoms with Crippen LogP contribution in [0.4, 0.5) is 0 Å². The molecule has 0 aliphatic rings. The molecule has 0 aliphatic carbocycles. The maximum atomic E-state index is 12.3. The fraction of sp³-hybridized carbons (Fsp3) is 0.120. The van der Waals surface area contributed by atoms with Gasteiger partial charge in [0.25, 0.3) is 0 Å². The van der Waals surface area contributed by atoms with Crippen LogP contribution in [0.15, 0.2) is 85.5 Å².